The topological polar surface area (TPSA) is 64.6 Å². The molecule has 0 unspecified atom stereocenters. The molecule has 6 nitrogen and oxygen atoms in total. The van der Waals surface area contributed by atoms with Gasteiger partial charge in [0, 0.05) is 54.9 Å². The number of para-hydroxylation sites is 1. The van der Waals surface area contributed by atoms with Crippen molar-refractivity contribution in [3.05, 3.63) is 102 Å². The van der Waals surface area contributed by atoms with E-state index >= 15 is 0 Å². The second kappa shape index (κ2) is 11.7. The largest absolute Gasteiger partial charge is 0.496 e. The number of hydrogen-bond donors (Lipinski definition) is 2. The molecular weight excluding hydrogens is 426 g/mol. The number of nitrogens with zero attached hydrogens (tertiary/aromatic N) is 1. The molecule has 4 rings (SSSR count). The van der Waals surface area contributed by atoms with Crippen molar-refractivity contribution in [1.29, 1.82) is 0 Å². The van der Waals surface area contributed by atoms with Crippen LogP contribution in [-0.4, -0.2) is 25.7 Å². The molecule has 174 valence electrons. The summed E-state index contributed by atoms with van der Waals surface area (Å²) in [7, 11) is 3.31. The van der Waals surface area contributed by atoms with E-state index in [-0.39, 0.29) is 0 Å². The standard InChI is InChI=1S/C28H29N3O3/c1-32-27-18-25(34-24-13-11-23(12-14-24)31-22-9-4-3-5-10-22)19-28(33-2)26(27)20-29-17-15-21-8-6-7-16-30-21/h3-14,16,18-19,29,31H,15,17,20H2,1-2H3. The van der Waals surface area contributed by atoms with E-state index < -0.39 is 0 Å². The molecule has 3 aromatic carbocycles. The molecule has 0 fully saturated rings. The van der Waals surface area contributed by atoms with Gasteiger partial charge < -0.3 is 24.8 Å². The number of methoxy groups -OCH3 is 2. The summed E-state index contributed by atoms with van der Waals surface area (Å²) >= 11 is 0. The van der Waals surface area contributed by atoms with Gasteiger partial charge in [-0.25, -0.2) is 0 Å². The highest BCUT2D eigenvalue weighted by Crippen LogP contribution is 2.36. The molecule has 0 aliphatic rings. The van der Waals surface area contributed by atoms with Crippen LogP contribution in [0.25, 0.3) is 0 Å². The minimum atomic E-state index is 0.610. The zero-order chi connectivity index (χ0) is 23.6. The van der Waals surface area contributed by atoms with Crippen molar-refractivity contribution in [3.8, 4) is 23.0 Å². The summed E-state index contributed by atoms with van der Waals surface area (Å²) in [5.74, 6) is 2.79. The maximum atomic E-state index is 6.09. The zero-order valence-corrected chi connectivity index (χ0v) is 19.5. The average Bonchev–Trinajstić information content (AvgIpc) is 2.89. The van der Waals surface area contributed by atoms with Gasteiger partial charge in [0.05, 0.1) is 19.8 Å². The highest BCUT2D eigenvalue weighted by molar-refractivity contribution is 5.60. The monoisotopic (exact) mass is 455 g/mol. The predicted molar refractivity (Wildman–Crippen MR) is 135 cm³/mol. The van der Waals surface area contributed by atoms with Gasteiger partial charge in [-0.2, -0.15) is 0 Å². The molecule has 0 amide bonds. The van der Waals surface area contributed by atoms with Crippen molar-refractivity contribution in [3.63, 3.8) is 0 Å². The van der Waals surface area contributed by atoms with Crippen LogP contribution in [0.2, 0.25) is 0 Å². The van der Waals surface area contributed by atoms with E-state index in [0.717, 1.165) is 41.3 Å². The second-order valence-corrected chi connectivity index (χ2v) is 7.67. The molecule has 0 saturated carbocycles. The summed E-state index contributed by atoms with van der Waals surface area (Å²) in [6.45, 7) is 1.41. The highest BCUT2D eigenvalue weighted by atomic mass is 16.5. The van der Waals surface area contributed by atoms with Crippen LogP contribution in [0.1, 0.15) is 11.3 Å². The van der Waals surface area contributed by atoms with E-state index in [0.29, 0.717) is 23.8 Å². The van der Waals surface area contributed by atoms with Crippen LogP contribution in [0.4, 0.5) is 11.4 Å². The predicted octanol–water partition coefficient (Wildman–Crippen LogP) is 5.97. The molecule has 1 heterocycles. The molecule has 0 aliphatic heterocycles. The van der Waals surface area contributed by atoms with Crippen LogP contribution in [0.15, 0.2) is 91.1 Å². The molecule has 4 aromatic rings. The van der Waals surface area contributed by atoms with E-state index in [1.165, 1.54) is 0 Å². The van der Waals surface area contributed by atoms with Gasteiger partial charge >= 0.3 is 0 Å². The fourth-order valence-electron chi connectivity index (χ4n) is 3.60. The molecule has 0 radical (unpaired) electrons. The molecule has 6 heteroatoms. The zero-order valence-electron chi connectivity index (χ0n) is 19.5. The number of hydrogen-bond acceptors (Lipinski definition) is 6. The van der Waals surface area contributed by atoms with Crippen molar-refractivity contribution in [2.24, 2.45) is 0 Å². The summed E-state index contributed by atoms with van der Waals surface area (Å²) < 4.78 is 17.4. The SMILES string of the molecule is COc1cc(Oc2ccc(Nc3ccccc3)cc2)cc(OC)c1CNCCc1ccccn1. The van der Waals surface area contributed by atoms with Gasteiger partial charge in [-0.15, -0.1) is 0 Å². The fourth-order valence-corrected chi connectivity index (χ4v) is 3.60. The molecule has 0 bridgehead atoms. The Morgan fingerprint density at radius 3 is 2.06 bits per heavy atom. The minimum absolute atomic E-state index is 0.610. The number of rotatable bonds is 11. The van der Waals surface area contributed by atoms with Crippen LogP contribution in [0.3, 0.4) is 0 Å². The Bertz CT molecular complexity index is 1140. The number of benzene rings is 3. The Balaban J connectivity index is 1.40. The molecular formula is C28H29N3O3. The lowest BCUT2D eigenvalue weighted by molar-refractivity contribution is 0.375. The first kappa shape index (κ1) is 23.1. The fraction of sp³-hybridized carbons (Fsp3) is 0.179. The quantitative estimate of drug-likeness (QED) is 0.272. The van der Waals surface area contributed by atoms with Gasteiger partial charge in [0.2, 0.25) is 0 Å². The molecule has 1 aromatic heterocycles. The van der Waals surface area contributed by atoms with Crippen molar-refractivity contribution in [1.82, 2.24) is 10.3 Å². The molecule has 0 spiro atoms. The summed E-state index contributed by atoms with van der Waals surface area (Å²) in [5.41, 5.74) is 4.03. The van der Waals surface area contributed by atoms with Crippen LogP contribution in [0, 0.1) is 0 Å². The normalized spacial score (nSPS) is 10.5. The van der Waals surface area contributed by atoms with Crippen molar-refractivity contribution >= 4 is 11.4 Å². The molecule has 0 saturated heterocycles. The van der Waals surface area contributed by atoms with Gasteiger partial charge in [-0.1, -0.05) is 24.3 Å². The van der Waals surface area contributed by atoms with Gasteiger partial charge in [-0.3, -0.25) is 4.98 Å². The minimum Gasteiger partial charge on any atom is -0.496 e. The number of aromatic nitrogens is 1. The molecule has 2 N–H and O–H groups in total. The Labute approximate surface area is 200 Å². The number of anilines is 2. The third kappa shape index (κ3) is 6.27. The lowest BCUT2D eigenvalue weighted by atomic mass is 10.1. The first-order valence-corrected chi connectivity index (χ1v) is 11.2. The van der Waals surface area contributed by atoms with E-state index in [1.54, 1.807) is 14.2 Å². The number of nitrogens with one attached hydrogen (secondary N) is 2. The maximum absolute atomic E-state index is 6.09. The Hall–Kier alpha value is -4.03. The van der Waals surface area contributed by atoms with E-state index in [9.17, 15) is 0 Å². The van der Waals surface area contributed by atoms with Gasteiger partial charge in [0.25, 0.3) is 0 Å². The summed E-state index contributed by atoms with van der Waals surface area (Å²) in [6, 6.07) is 27.6. The number of pyridine rings is 1. The second-order valence-electron chi connectivity index (χ2n) is 7.67. The van der Waals surface area contributed by atoms with Crippen LogP contribution < -0.4 is 24.8 Å². The van der Waals surface area contributed by atoms with Crippen LogP contribution in [0.5, 0.6) is 23.0 Å². The Morgan fingerprint density at radius 2 is 1.41 bits per heavy atom. The van der Waals surface area contributed by atoms with Crippen LogP contribution >= 0.6 is 0 Å². The third-order valence-electron chi connectivity index (χ3n) is 5.32. The number of ether oxygens (including phenoxy) is 3. The Morgan fingerprint density at radius 1 is 0.735 bits per heavy atom. The van der Waals surface area contributed by atoms with E-state index in [1.807, 2.05) is 91.1 Å². The van der Waals surface area contributed by atoms with Crippen LogP contribution in [-0.2, 0) is 13.0 Å². The van der Waals surface area contributed by atoms with E-state index in [2.05, 4.69) is 15.6 Å². The van der Waals surface area contributed by atoms with Gasteiger partial charge in [0.15, 0.2) is 0 Å². The van der Waals surface area contributed by atoms with Crippen molar-refractivity contribution < 1.29 is 14.2 Å². The molecule has 0 aliphatic carbocycles. The highest BCUT2D eigenvalue weighted by Gasteiger charge is 2.14. The lowest BCUT2D eigenvalue weighted by Gasteiger charge is -2.16. The first-order chi connectivity index (χ1) is 16.7. The molecule has 0 atom stereocenters. The third-order valence-corrected chi connectivity index (χ3v) is 5.32. The summed E-state index contributed by atoms with van der Waals surface area (Å²) in [6.07, 6.45) is 2.66. The Kier molecular flexibility index (Phi) is 7.98. The van der Waals surface area contributed by atoms with Gasteiger partial charge in [0.1, 0.15) is 23.0 Å². The van der Waals surface area contributed by atoms with Gasteiger partial charge in [-0.05, 0) is 48.5 Å². The summed E-state index contributed by atoms with van der Waals surface area (Å²) in [5, 5.41) is 6.81. The average molecular weight is 456 g/mol. The van der Waals surface area contributed by atoms with Crippen molar-refractivity contribution in [2.75, 3.05) is 26.1 Å². The van der Waals surface area contributed by atoms with E-state index in [4.69, 9.17) is 14.2 Å². The molecule has 34 heavy (non-hydrogen) atoms. The lowest BCUT2D eigenvalue weighted by Crippen LogP contribution is -2.18. The maximum Gasteiger partial charge on any atom is 0.134 e. The first-order valence-electron chi connectivity index (χ1n) is 11.2. The smallest absolute Gasteiger partial charge is 0.134 e. The van der Waals surface area contributed by atoms with Crippen molar-refractivity contribution in [2.45, 2.75) is 13.0 Å². The summed E-state index contributed by atoms with van der Waals surface area (Å²) in [4.78, 5) is 4.36.